The van der Waals surface area contributed by atoms with Gasteiger partial charge in [-0.1, -0.05) is 69.7 Å². The van der Waals surface area contributed by atoms with Crippen LogP contribution >= 0.6 is 0 Å². The van der Waals surface area contributed by atoms with Gasteiger partial charge < -0.3 is 48.1 Å². The standard InChI is InChI=1S/C9H13NO3.C8H11NO2.C7H7NO2.C7H9NO.C3H8O2.4C2H6.CH4/c1-11-6-7-13-9-8(12-2)4-3-5-10-9;1-2-6-11-8-7(10)4-3-5-9-8;1-2-6-7(8-3-1)10-5-4-9-6;1-6-7(9-2)4-3-5-8-6;1-5-3-2-4;4*1-2;/h3-5H,6-7H2,1-2H3;3-5,10H,2,6H2,1H3;1-3H,4-5H2;3-5H,1-2H3;4H,2-3H2,1H3;4*1-2H3;1H4. The molecule has 2 N–H and O–H groups in total. The highest BCUT2D eigenvalue weighted by atomic mass is 16.6. The van der Waals surface area contributed by atoms with Crippen molar-refractivity contribution in [1.82, 2.24) is 19.9 Å². The van der Waals surface area contributed by atoms with Crippen LogP contribution in [0.5, 0.6) is 40.6 Å². The van der Waals surface area contributed by atoms with Crippen molar-refractivity contribution in [1.29, 1.82) is 0 Å². The molecule has 0 bridgehead atoms. The van der Waals surface area contributed by atoms with Crippen molar-refractivity contribution in [3.8, 4) is 40.6 Å². The van der Waals surface area contributed by atoms with Gasteiger partial charge in [-0.2, -0.15) is 0 Å². The molecule has 4 aromatic rings. The topological polar surface area (TPSA) is 166 Å². The van der Waals surface area contributed by atoms with Gasteiger partial charge in [0.1, 0.15) is 25.6 Å². The van der Waals surface area contributed by atoms with Gasteiger partial charge in [0.2, 0.25) is 0 Å². The van der Waals surface area contributed by atoms with E-state index in [4.69, 9.17) is 43.4 Å². The predicted octanol–water partition coefficient (Wildman–Crippen LogP) is 9.31. The molecule has 0 amide bonds. The van der Waals surface area contributed by atoms with Gasteiger partial charge in [0.15, 0.2) is 17.2 Å². The number of nitrogens with zero attached hydrogens (tertiary/aromatic N) is 4. The van der Waals surface area contributed by atoms with Crippen LogP contribution in [0.2, 0.25) is 0 Å². The van der Waals surface area contributed by atoms with Crippen molar-refractivity contribution in [2.45, 2.75) is 83.1 Å². The fourth-order valence-corrected chi connectivity index (χ4v) is 3.21. The quantitative estimate of drug-likeness (QED) is 0.138. The summed E-state index contributed by atoms with van der Waals surface area (Å²) in [6, 6.07) is 14.2. The Morgan fingerprint density at radius 1 is 0.596 bits per heavy atom. The van der Waals surface area contributed by atoms with Crippen LogP contribution in [0.1, 0.15) is 81.9 Å². The second-order valence-corrected chi connectivity index (χ2v) is 9.04. The normalized spacial score (nSPS) is 9.25. The Morgan fingerprint density at radius 3 is 1.56 bits per heavy atom. The monoisotopic (exact) mass is 809 g/mol. The van der Waals surface area contributed by atoms with Crippen LogP contribution in [-0.4, -0.2) is 105 Å². The number of aryl methyl sites for hydroxylation is 1. The highest BCUT2D eigenvalue weighted by Gasteiger charge is 2.10. The Morgan fingerprint density at radius 2 is 1.09 bits per heavy atom. The molecule has 0 unspecified atom stereocenters. The molecule has 0 aromatic carbocycles. The maximum atomic E-state index is 9.15. The molecule has 0 aliphatic carbocycles. The number of ether oxygens (including phenoxy) is 8. The van der Waals surface area contributed by atoms with Gasteiger partial charge in [-0.05, 0) is 61.9 Å². The number of methoxy groups -OCH3 is 4. The molecule has 0 radical (unpaired) electrons. The number of aromatic nitrogens is 4. The van der Waals surface area contributed by atoms with Gasteiger partial charge in [-0.3, -0.25) is 4.98 Å². The third-order valence-electron chi connectivity index (χ3n) is 5.47. The minimum Gasteiger partial charge on any atom is -0.503 e. The molecular weight excluding hydrogens is 732 g/mol. The van der Waals surface area contributed by atoms with Gasteiger partial charge >= 0.3 is 0 Å². The van der Waals surface area contributed by atoms with E-state index in [-0.39, 0.29) is 19.8 Å². The Hall–Kier alpha value is -4.92. The Bertz CT molecular complexity index is 1340. The van der Waals surface area contributed by atoms with E-state index in [1.165, 1.54) is 0 Å². The summed E-state index contributed by atoms with van der Waals surface area (Å²) < 4.78 is 40.2. The van der Waals surface area contributed by atoms with Crippen LogP contribution in [0.15, 0.2) is 73.3 Å². The van der Waals surface area contributed by atoms with Gasteiger partial charge in [-0.15, -0.1) is 0 Å². The first-order chi connectivity index (χ1) is 27.4. The molecule has 5 rings (SSSR count). The number of aliphatic hydroxyl groups is 1. The van der Waals surface area contributed by atoms with E-state index in [0.29, 0.717) is 63.0 Å². The lowest BCUT2D eigenvalue weighted by atomic mass is 10.3. The fourth-order valence-electron chi connectivity index (χ4n) is 3.21. The van der Waals surface area contributed by atoms with Crippen molar-refractivity contribution in [2.24, 2.45) is 0 Å². The van der Waals surface area contributed by atoms with Crippen molar-refractivity contribution < 1.29 is 48.1 Å². The molecule has 1 aliphatic heterocycles. The summed E-state index contributed by atoms with van der Waals surface area (Å²) in [6.07, 6.45) is 7.59. The largest absolute Gasteiger partial charge is 0.503 e. The molecule has 14 nitrogen and oxygen atoms in total. The molecule has 0 saturated heterocycles. The van der Waals surface area contributed by atoms with Crippen LogP contribution in [0.3, 0.4) is 0 Å². The number of aliphatic hydroxyl groups excluding tert-OH is 1. The third kappa shape index (κ3) is 33.0. The van der Waals surface area contributed by atoms with Crippen LogP contribution < -0.4 is 28.4 Å². The summed E-state index contributed by atoms with van der Waals surface area (Å²) in [6.45, 7) is 23.3. The first kappa shape index (κ1) is 61.3. The molecule has 0 spiro atoms. The number of hydrogen-bond acceptors (Lipinski definition) is 14. The lowest BCUT2D eigenvalue weighted by Gasteiger charge is -2.15. The van der Waals surface area contributed by atoms with Crippen LogP contribution in [-0.2, 0) is 9.47 Å². The third-order valence-corrected chi connectivity index (χ3v) is 5.47. The van der Waals surface area contributed by atoms with Gasteiger partial charge in [0.25, 0.3) is 17.6 Å². The van der Waals surface area contributed by atoms with E-state index < -0.39 is 0 Å². The predicted molar refractivity (Wildman–Crippen MR) is 232 cm³/mol. The molecule has 0 atom stereocenters. The van der Waals surface area contributed by atoms with Crippen molar-refractivity contribution in [2.75, 3.05) is 74.7 Å². The smallest absolute Gasteiger partial charge is 0.257 e. The Kier molecular flexibility index (Phi) is 52.8. The Labute approximate surface area is 344 Å². The lowest BCUT2D eigenvalue weighted by Crippen LogP contribution is -2.15. The van der Waals surface area contributed by atoms with Crippen molar-refractivity contribution in [3.63, 3.8) is 0 Å². The zero-order valence-corrected chi connectivity index (χ0v) is 36.5. The highest BCUT2D eigenvalue weighted by Crippen LogP contribution is 2.25. The van der Waals surface area contributed by atoms with Gasteiger partial charge in [-0.25, -0.2) is 15.0 Å². The summed E-state index contributed by atoms with van der Waals surface area (Å²) in [5.41, 5.74) is 0.931. The van der Waals surface area contributed by atoms with Crippen molar-refractivity contribution >= 4 is 0 Å². The molecule has 0 fully saturated rings. The second-order valence-electron chi connectivity index (χ2n) is 9.04. The minimum atomic E-state index is 0. The molecule has 0 saturated carbocycles. The SMILES string of the molecule is C.CC.CC.CC.CC.CCCOc1ncccc1O.COCCO.COCCOc1ncccc1OC.COc1cccnc1C.c1cnc2c(c1)OCCO2. The average Bonchev–Trinajstić information content (AvgIpc) is 3.28. The lowest BCUT2D eigenvalue weighted by molar-refractivity contribution is 0.135. The maximum absolute atomic E-state index is 9.15. The maximum Gasteiger partial charge on any atom is 0.257 e. The summed E-state index contributed by atoms with van der Waals surface area (Å²) in [4.78, 5) is 15.9. The van der Waals surface area contributed by atoms with E-state index in [0.717, 1.165) is 23.6 Å². The number of pyridine rings is 4. The van der Waals surface area contributed by atoms with E-state index in [2.05, 4.69) is 24.7 Å². The fraction of sp³-hybridized carbons (Fsp3) is 0.535. The average molecular weight is 809 g/mol. The summed E-state index contributed by atoms with van der Waals surface area (Å²) >= 11 is 0. The molecule has 4 aromatic heterocycles. The highest BCUT2D eigenvalue weighted by molar-refractivity contribution is 5.33. The van der Waals surface area contributed by atoms with Gasteiger partial charge in [0.05, 0.1) is 46.3 Å². The van der Waals surface area contributed by atoms with E-state index >= 15 is 0 Å². The first-order valence-electron chi connectivity index (χ1n) is 19.1. The van der Waals surface area contributed by atoms with E-state index in [1.807, 2.05) is 93.5 Å². The molecular formula is C43H76N4O10. The summed E-state index contributed by atoms with van der Waals surface area (Å²) in [5.74, 6) is 3.75. The van der Waals surface area contributed by atoms with Crippen LogP contribution in [0.25, 0.3) is 0 Å². The molecule has 57 heavy (non-hydrogen) atoms. The molecule has 5 heterocycles. The minimum absolute atomic E-state index is 0. The number of aromatic hydroxyl groups is 1. The number of rotatable bonds is 11. The van der Waals surface area contributed by atoms with Crippen LogP contribution in [0.4, 0.5) is 0 Å². The summed E-state index contributed by atoms with van der Waals surface area (Å²) in [7, 11) is 6.40. The van der Waals surface area contributed by atoms with Crippen molar-refractivity contribution in [3.05, 3.63) is 79.0 Å². The van der Waals surface area contributed by atoms with E-state index in [1.54, 1.807) is 77.5 Å². The van der Waals surface area contributed by atoms with E-state index in [9.17, 15) is 0 Å². The van der Waals surface area contributed by atoms with Crippen LogP contribution in [0, 0.1) is 6.92 Å². The molecule has 14 heteroatoms. The number of hydrogen-bond donors (Lipinski definition) is 2. The zero-order valence-electron chi connectivity index (χ0n) is 36.5. The zero-order chi connectivity index (χ0) is 43.2. The molecule has 328 valence electrons. The second kappa shape index (κ2) is 49.1. The Balaban J connectivity index is -0.000000192. The number of fused-ring (bicyclic) bond motifs is 1. The molecule has 1 aliphatic rings. The summed E-state index contributed by atoms with van der Waals surface area (Å²) in [5, 5.41) is 17.1. The van der Waals surface area contributed by atoms with Gasteiger partial charge in [0, 0.05) is 39.0 Å². The first-order valence-corrected chi connectivity index (χ1v) is 19.1.